The van der Waals surface area contributed by atoms with Gasteiger partial charge in [-0.3, -0.25) is 4.90 Å². The minimum absolute atomic E-state index is 0.0366. The van der Waals surface area contributed by atoms with Gasteiger partial charge in [0, 0.05) is 25.2 Å². The van der Waals surface area contributed by atoms with E-state index in [9.17, 15) is 10.2 Å². The highest BCUT2D eigenvalue weighted by atomic mass is 16.3. The number of benzene rings is 1. The molecule has 3 N–H and O–H groups in total. The molecule has 0 aliphatic carbocycles. The Hall–Kier alpha value is -1.26. The zero-order valence-electron chi connectivity index (χ0n) is 10.3. The molecule has 1 aliphatic rings. The van der Waals surface area contributed by atoms with E-state index < -0.39 is 0 Å². The Bertz CT molecular complexity index is 375. The van der Waals surface area contributed by atoms with Crippen LogP contribution in [0.3, 0.4) is 0 Å². The molecule has 2 unspecified atom stereocenters. The standard InChI is InChI=1S/C13H20N2O2/c1-9(15-7-6-10(8-15)14-2)13-11(16)4-3-5-12(13)17/h3-5,9-10,14,16-17H,6-8H2,1-2H3. The Labute approximate surface area is 102 Å². The Morgan fingerprint density at radius 2 is 2.00 bits per heavy atom. The number of rotatable bonds is 3. The van der Waals surface area contributed by atoms with Crippen molar-refractivity contribution >= 4 is 0 Å². The van der Waals surface area contributed by atoms with Crippen LogP contribution in [0.1, 0.15) is 24.9 Å². The van der Waals surface area contributed by atoms with Crippen molar-refractivity contribution in [3.63, 3.8) is 0 Å². The molecule has 0 saturated carbocycles. The number of likely N-dealkylation sites (N-methyl/N-ethyl adjacent to an activating group) is 1. The molecule has 17 heavy (non-hydrogen) atoms. The van der Waals surface area contributed by atoms with Gasteiger partial charge in [-0.05, 0) is 32.5 Å². The number of phenols is 2. The number of likely N-dealkylation sites (tertiary alicyclic amines) is 1. The number of hydrogen-bond donors (Lipinski definition) is 3. The molecule has 1 heterocycles. The Morgan fingerprint density at radius 3 is 2.53 bits per heavy atom. The summed E-state index contributed by atoms with van der Waals surface area (Å²) in [5.74, 6) is 0.343. The van der Waals surface area contributed by atoms with Crippen LogP contribution in [0.15, 0.2) is 18.2 Å². The second-order valence-corrected chi connectivity index (χ2v) is 4.66. The van der Waals surface area contributed by atoms with Crippen LogP contribution in [-0.2, 0) is 0 Å². The molecule has 2 rings (SSSR count). The van der Waals surface area contributed by atoms with E-state index in [0.29, 0.717) is 11.6 Å². The fourth-order valence-corrected chi connectivity index (χ4v) is 2.53. The number of hydrogen-bond acceptors (Lipinski definition) is 4. The SMILES string of the molecule is CNC1CCN(C(C)c2c(O)cccc2O)C1. The lowest BCUT2D eigenvalue weighted by molar-refractivity contribution is 0.246. The molecule has 0 bridgehead atoms. The van der Waals surface area contributed by atoms with E-state index >= 15 is 0 Å². The molecule has 1 aromatic rings. The predicted octanol–water partition coefficient (Wildman–Crippen LogP) is 1.45. The number of phenolic OH excluding ortho intramolecular Hbond substituents is 2. The van der Waals surface area contributed by atoms with Gasteiger partial charge in [-0.15, -0.1) is 0 Å². The van der Waals surface area contributed by atoms with Crippen molar-refractivity contribution in [1.29, 1.82) is 0 Å². The van der Waals surface area contributed by atoms with E-state index in [-0.39, 0.29) is 17.5 Å². The van der Waals surface area contributed by atoms with Crippen molar-refractivity contribution in [3.8, 4) is 11.5 Å². The first-order valence-electron chi connectivity index (χ1n) is 6.05. The van der Waals surface area contributed by atoms with E-state index in [2.05, 4.69) is 10.2 Å². The maximum absolute atomic E-state index is 9.84. The van der Waals surface area contributed by atoms with Gasteiger partial charge < -0.3 is 15.5 Å². The fourth-order valence-electron chi connectivity index (χ4n) is 2.53. The van der Waals surface area contributed by atoms with Crippen molar-refractivity contribution < 1.29 is 10.2 Å². The normalized spacial score (nSPS) is 22.8. The second kappa shape index (κ2) is 4.94. The first kappa shape index (κ1) is 12.2. The van der Waals surface area contributed by atoms with Crippen molar-refractivity contribution in [3.05, 3.63) is 23.8 Å². The van der Waals surface area contributed by atoms with Gasteiger partial charge in [0.05, 0.1) is 5.56 Å². The molecule has 1 aromatic carbocycles. The Morgan fingerprint density at radius 1 is 1.35 bits per heavy atom. The van der Waals surface area contributed by atoms with E-state index in [0.717, 1.165) is 19.5 Å². The monoisotopic (exact) mass is 236 g/mol. The number of nitrogens with zero attached hydrogens (tertiary/aromatic N) is 1. The van der Waals surface area contributed by atoms with Crippen LogP contribution in [0.5, 0.6) is 11.5 Å². The topological polar surface area (TPSA) is 55.7 Å². The summed E-state index contributed by atoms with van der Waals surface area (Å²) in [6.07, 6.45) is 1.11. The van der Waals surface area contributed by atoms with E-state index in [1.807, 2.05) is 14.0 Å². The van der Waals surface area contributed by atoms with E-state index in [1.54, 1.807) is 18.2 Å². The molecule has 1 aliphatic heterocycles. The highest BCUT2D eigenvalue weighted by Crippen LogP contribution is 2.36. The van der Waals surface area contributed by atoms with Gasteiger partial charge in [-0.25, -0.2) is 0 Å². The van der Waals surface area contributed by atoms with Gasteiger partial charge in [-0.2, -0.15) is 0 Å². The highest BCUT2D eigenvalue weighted by molar-refractivity contribution is 5.45. The third-order valence-electron chi connectivity index (χ3n) is 3.65. The van der Waals surface area contributed by atoms with Crippen LogP contribution >= 0.6 is 0 Å². The average molecular weight is 236 g/mol. The lowest BCUT2D eigenvalue weighted by Crippen LogP contribution is -2.31. The molecule has 1 fully saturated rings. The van der Waals surface area contributed by atoms with Crippen molar-refractivity contribution in [2.75, 3.05) is 20.1 Å². The van der Waals surface area contributed by atoms with Crippen LogP contribution in [0, 0.1) is 0 Å². The average Bonchev–Trinajstić information content (AvgIpc) is 2.77. The van der Waals surface area contributed by atoms with Gasteiger partial charge in [0.2, 0.25) is 0 Å². The third kappa shape index (κ3) is 2.37. The molecular formula is C13H20N2O2. The molecule has 0 radical (unpaired) electrons. The Kier molecular flexibility index (Phi) is 3.54. The van der Waals surface area contributed by atoms with Crippen LogP contribution in [0.2, 0.25) is 0 Å². The van der Waals surface area contributed by atoms with Gasteiger partial charge in [0.1, 0.15) is 11.5 Å². The summed E-state index contributed by atoms with van der Waals surface area (Å²) in [6.45, 7) is 3.96. The van der Waals surface area contributed by atoms with Gasteiger partial charge in [0.15, 0.2) is 0 Å². The number of nitrogens with one attached hydrogen (secondary N) is 1. The van der Waals surface area contributed by atoms with Crippen LogP contribution in [0.4, 0.5) is 0 Å². The molecule has 0 amide bonds. The molecule has 0 spiro atoms. The Balaban J connectivity index is 2.17. The molecule has 0 aromatic heterocycles. The third-order valence-corrected chi connectivity index (χ3v) is 3.65. The minimum atomic E-state index is 0.0366. The van der Waals surface area contributed by atoms with Crippen LogP contribution in [-0.4, -0.2) is 41.3 Å². The van der Waals surface area contributed by atoms with Gasteiger partial charge in [-0.1, -0.05) is 6.07 Å². The van der Waals surface area contributed by atoms with Crippen molar-refractivity contribution in [2.24, 2.45) is 0 Å². The smallest absolute Gasteiger partial charge is 0.124 e. The molecule has 1 saturated heterocycles. The van der Waals surface area contributed by atoms with Gasteiger partial charge >= 0.3 is 0 Å². The van der Waals surface area contributed by atoms with E-state index in [4.69, 9.17) is 0 Å². The van der Waals surface area contributed by atoms with Gasteiger partial charge in [0.25, 0.3) is 0 Å². The summed E-state index contributed by atoms with van der Waals surface area (Å²) in [5.41, 5.74) is 0.629. The summed E-state index contributed by atoms with van der Waals surface area (Å²) in [6, 6.07) is 5.44. The molecule has 2 atom stereocenters. The summed E-state index contributed by atoms with van der Waals surface area (Å²) in [4.78, 5) is 2.27. The maximum atomic E-state index is 9.84. The number of aromatic hydroxyl groups is 2. The lowest BCUT2D eigenvalue weighted by atomic mass is 10.0. The zero-order chi connectivity index (χ0) is 12.4. The molecule has 94 valence electrons. The van der Waals surface area contributed by atoms with Crippen LogP contribution < -0.4 is 5.32 Å². The quantitative estimate of drug-likeness (QED) is 0.743. The summed E-state index contributed by atoms with van der Waals surface area (Å²) in [7, 11) is 1.97. The second-order valence-electron chi connectivity index (χ2n) is 4.66. The van der Waals surface area contributed by atoms with E-state index in [1.165, 1.54) is 0 Å². The fraction of sp³-hybridized carbons (Fsp3) is 0.538. The molecule has 4 nitrogen and oxygen atoms in total. The summed E-state index contributed by atoms with van der Waals surface area (Å²) in [5, 5.41) is 22.9. The lowest BCUT2D eigenvalue weighted by Gasteiger charge is -2.25. The maximum Gasteiger partial charge on any atom is 0.124 e. The van der Waals surface area contributed by atoms with Crippen molar-refractivity contribution in [1.82, 2.24) is 10.2 Å². The summed E-state index contributed by atoms with van der Waals surface area (Å²) >= 11 is 0. The largest absolute Gasteiger partial charge is 0.507 e. The highest BCUT2D eigenvalue weighted by Gasteiger charge is 2.28. The molecule has 4 heteroatoms. The predicted molar refractivity (Wildman–Crippen MR) is 67.2 cm³/mol. The summed E-state index contributed by atoms with van der Waals surface area (Å²) < 4.78 is 0. The molecular weight excluding hydrogens is 216 g/mol. The first-order chi connectivity index (χ1) is 8.13. The van der Waals surface area contributed by atoms with Crippen LogP contribution in [0.25, 0.3) is 0 Å². The first-order valence-corrected chi connectivity index (χ1v) is 6.05. The zero-order valence-corrected chi connectivity index (χ0v) is 10.3. The van der Waals surface area contributed by atoms with Crippen molar-refractivity contribution in [2.45, 2.75) is 25.4 Å². The minimum Gasteiger partial charge on any atom is -0.507 e.